The van der Waals surface area contributed by atoms with E-state index in [-0.39, 0.29) is 22.4 Å². The van der Waals surface area contributed by atoms with Gasteiger partial charge in [-0.2, -0.15) is 0 Å². The van der Waals surface area contributed by atoms with Gasteiger partial charge in [-0.25, -0.2) is 30.7 Å². The van der Waals surface area contributed by atoms with Gasteiger partial charge in [0.05, 0.1) is 0 Å². The smallest absolute Gasteiger partial charge is 0.260 e. The summed E-state index contributed by atoms with van der Waals surface area (Å²) in [5.41, 5.74) is 6.37. The Morgan fingerprint density at radius 2 is 1.82 bits per heavy atom. The molecule has 0 bridgehead atoms. The molecule has 1 aromatic rings. The number of thiophene rings is 1. The summed E-state index contributed by atoms with van der Waals surface area (Å²) in [6, 6.07) is -1.19. The zero-order chi connectivity index (χ0) is 20.5. The summed E-state index contributed by atoms with van der Waals surface area (Å²) in [4.78, 5) is 12.6. The predicted octanol–water partition coefficient (Wildman–Crippen LogP) is 2.23. The standard InChI is InChI=1S/C16H19F4N3O3S2/c17-15(18)4-8(5-15)23-28(25,26)12-9-3-7(21)1-2-11(9)27-14(12)22-13(24)10-6-16(10,19)20/h7-8,10,23H,1-6,21H2,(H,22,24)/t7-,10?/m0/s1. The zero-order valence-corrected chi connectivity index (χ0v) is 16.2. The molecule has 28 heavy (non-hydrogen) atoms. The summed E-state index contributed by atoms with van der Waals surface area (Å²) >= 11 is 1.02. The molecule has 3 aliphatic carbocycles. The van der Waals surface area contributed by atoms with Gasteiger partial charge in [-0.1, -0.05) is 0 Å². The summed E-state index contributed by atoms with van der Waals surface area (Å²) in [6.45, 7) is 0. The second-order valence-corrected chi connectivity index (χ2v) is 10.5. The van der Waals surface area contributed by atoms with Crippen LogP contribution in [0.2, 0.25) is 0 Å². The number of aryl methyl sites for hydroxylation is 1. The van der Waals surface area contributed by atoms with Crippen LogP contribution in [0, 0.1) is 5.92 Å². The number of rotatable bonds is 5. The van der Waals surface area contributed by atoms with Gasteiger partial charge in [0.2, 0.25) is 15.9 Å². The number of anilines is 1. The molecule has 12 heteroatoms. The number of nitrogens with two attached hydrogens (primary N) is 1. The fourth-order valence-electron chi connectivity index (χ4n) is 3.67. The average Bonchev–Trinajstić information content (AvgIpc) is 3.01. The molecule has 0 aliphatic heterocycles. The molecule has 0 radical (unpaired) electrons. The van der Waals surface area contributed by atoms with Crippen LogP contribution >= 0.6 is 11.3 Å². The lowest BCUT2D eigenvalue weighted by Crippen LogP contribution is -2.50. The van der Waals surface area contributed by atoms with Crippen molar-refractivity contribution in [2.45, 2.75) is 67.3 Å². The molecule has 2 fully saturated rings. The maximum Gasteiger partial charge on any atom is 0.260 e. The van der Waals surface area contributed by atoms with Gasteiger partial charge in [-0.3, -0.25) is 4.79 Å². The van der Waals surface area contributed by atoms with Crippen molar-refractivity contribution in [3.05, 3.63) is 10.4 Å². The van der Waals surface area contributed by atoms with Gasteiger partial charge in [0.25, 0.3) is 11.8 Å². The Balaban J connectivity index is 1.64. The van der Waals surface area contributed by atoms with E-state index in [0.717, 1.165) is 11.3 Å². The molecule has 1 heterocycles. The van der Waals surface area contributed by atoms with E-state index in [1.807, 2.05) is 0 Å². The van der Waals surface area contributed by atoms with Crippen LogP contribution in [0.1, 0.15) is 36.1 Å². The minimum Gasteiger partial charge on any atom is -0.327 e. The molecule has 4 rings (SSSR count). The van der Waals surface area contributed by atoms with E-state index in [2.05, 4.69) is 10.0 Å². The first-order valence-corrected chi connectivity index (χ1v) is 11.2. The lowest BCUT2D eigenvalue weighted by Gasteiger charge is -2.35. The van der Waals surface area contributed by atoms with Crippen molar-refractivity contribution in [3.8, 4) is 0 Å². The van der Waals surface area contributed by atoms with E-state index in [9.17, 15) is 30.8 Å². The maximum absolute atomic E-state index is 13.2. The number of carbonyl (C=O) groups is 1. The molecule has 156 valence electrons. The van der Waals surface area contributed by atoms with Crippen LogP contribution in [-0.4, -0.2) is 38.3 Å². The van der Waals surface area contributed by atoms with Crippen molar-refractivity contribution in [2.75, 3.05) is 5.32 Å². The molecular formula is C16H19F4N3O3S2. The van der Waals surface area contributed by atoms with Crippen molar-refractivity contribution < 1.29 is 30.8 Å². The maximum atomic E-state index is 13.2. The normalized spacial score (nSPS) is 28.3. The quantitative estimate of drug-likeness (QED) is 0.610. The Kier molecular flexibility index (Phi) is 4.57. The number of hydrogen-bond donors (Lipinski definition) is 3. The van der Waals surface area contributed by atoms with Gasteiger partial charge < -0.3 is 11.1 Å². The van der Waals surface area contributed by atoms with Crippen molar-refractivity contribution in [1.29, 1.82) is 0 Å². The van der Waals surface area contributed by atoms with Gasteiger partial charge in [-0.05, 0) is 24.8 Å². The molecule has 2 atom stereocenters. The van der Waals surface area contributed by atoms with Crippen LogP contribution in [0.15, 0.2) is 4.90 Å². The van der Waals surface area contributed by atoms with E-state index in [1.54, 1.807) is 0 Å². The van der Waals surface area contributed by atoms with Gasteiger partial charge >= 0.3 is 0 Å². The molecule has 1 aromatic heterocycles. The SMILES string of the molecule is N[C@H]1CCc2sc(NC(=O)C3CC3(F)F)c(S(=O)(=O)NC3CC(F)(F)C3)c2C1. The van der Waals surface area contributed by atoms with Gasteiger partial charge in [0.1, 0.15) is 15.8 Å². The van der Waals surface area contributed by atoms with E-state index in [0.29, 0.717) is 23.3 Å². The summed E-state index contributed by atoms with van der Waals surface area (Å²) in [6.07, 6.45) is -0.406. The Morgan fingerprint density at radius 3 is 2.39 bits per heavy atom. The largest absolute Gasteiger partial charge is 0.327 e. The fraction of sp³-hybridized carbons (Fsp3) is 0.688. The number of amides is 1. The Bertz CT molecular complexity index is 924. The van der Waals surface area contributed by atoms with Gasteiger partial charge in [0, 0.05) is 36.2 Å². The third-order valence-corrected chi connectivity index (χ3v) is 8.28. The van der Waals surface area contributed by atoms with Crippen LogP contribution in [0.25, 0.3) is 0 Å². The number of halogens is 4. The molecule has 0 aromatic carbocycles. The van der Waals surface area contributed by atoms with Crippen molar-refractivity contribution in [1.82, 2.24) is 4.72 Å². The topological polar surface area (TPSA) is 101 Å². The predicted molar refractivity (Wildman–Crippen MR) is 94.3 cm³/mol. The Hall–Kier alpha value is -1.24. The van der Waals surface area contributed by atoms with Crippen LogP contribution in [0.3, 0.4) is 0 Å². The van der Waals surface area contributed by atoms with Crippen molar-refractivity contribution in [2.24, 2.45) is 11.7 Å². The van der Waals surface area contributed by atoms with Crippen molar-refractivity contribution in [3.63, 3.8) is 0 Å². The minimum atomic E-state index is -4.23. The summed E-state index contributed by atoms with van der Waals surface area (Å²) in [5, 5.41) is 2.27. The number of alkyl halides is 4. The number of fused-ring (bicyclic) bond motifs is 1. The Morgan fingerprint density at radius 1 is 1.18 bits per heavy atom. The van der Waals surface area contributed by atoms with Gasteiger partial charge in [-0.15, -0.1) is 11.3 Å². The highest BCUT2D eigenvalue weighted by Gasteiger charge is 2.61. The molecule has 1 amide bonds. The molecule has 1 unspecified atom stereocenters. The second-order valence-electron chi connectivity index (χ2n) is 7.75. The van der Waals surface area contributed by atoms with E-state index >= 15 is 0 Å². The van der Waals surface area contributed by atoms with Crippen LogP contribution in [0.5, 0.6) is 0 Å². The highest BCUT2D eigenvalue weighted by atomic mass is 32.2. The summed E-state index contributed by atoms with van der Waals surface area (Å²) < 4.78 is 80.6. The molecule has 3 aliphatic rings. The Labute approximate surface area is 162 Å². The first-order chi connectivity index (χ1) is 12.9. The molecule has 4 N–H and O–H groups in total. The number of nitrogens with one attached hydrogen (secondary N) is 2. The molecule has 0 spiro atoms. The first-order valence-electron chi connectivity index (χ1n) is 8.87. The highest BCUT2D eigenvalue weighted by molar-refractivity contribution is 7.90. The zero-order valence-electron chi connectivity index (χ0n) is 14.6. The lowest BCUT2D eigenvalue weighted by atomic mass is 9.89. The molecule has 2 saturated carbocycles. The second kappa shape index (κ2) is 6.38. The van der Waals surface area contributed by atoms with Crippen LogP contribution < -0.4 is 15.8 Å². The monoisotopic (exact) mass is 441 g/mol. The lowest BCUT2D eigenvalue weighted by molar-refractivity contribution is -0.119. The van der Waals surface area contributed by atoms with E-state index in [1.165, 1.54) is 0 Å². The number of carbonyl (C=O) groups excluding carboxylic acids is 1. The third-order valence-electron chi connectivity index (χ3n) is 5.31. The van der Waals surface area contributed by atoms with Crippen LogP contribution in [-0.2, 0) is 27.7 Å². The fourth-order valence-corrected chi connectivity index (χ4v) is 6.88. The average molecular weight is 441 g/mol. The molecule has 0 saturated heterocycles. The van der Waals surface area contributed by atoms with E-state index < -0.39 is 59.0 Å². The number of sulfonamides is 1. The molecule has 6 nitrogen and oxygen atoms in total. The molecular weight excluding hydrogens is 422 g/mol. The first kappa shape index (κ1) is 20.0. The van der Waals surface area contributed by atoms with Crippen molar-refractivity contribution >= 4 is 32.3 Å². The van der Waals surface area contributed by atoms with Crippen LogP contribution in [0.4, 0.5) is 22.6 Å². The highest BCUT2D eigenvalue weighted by Crippen LogP contribution is 2.50. The van der Waals surface area contributed by atoms with Gasteiger partial charge in [0.15, 0.2) is 0 Å². The summed E-state index contributed by atoms with van der Waals surface area (Å²) in [7, 11) is -4.23. The van der Waals surface area contributed by atoms with E-state index in [4.69, 9.17) is 5.73 Å². The number of hydrogen-bond acceptors (Lipinski definition) is 5. The summed E-state index contributed by atoms with van der Waals surface area (Å²) in [5.74, 6) is -8.42. The third kappa shape index (κ3) is 3.66. The minimum absolute atomic E-state index is 0.0506.